The van der Waals surface area contributed by atoms with E-state index < -0.39 is 22.3 Å². The van der Waals surface area contributed by atoms with Crippen LogP contribution < -0.4 is 5.32 Å². The van der Waals surface area contributed by atoms with E-state index in [1.807, 2.05) is 0 Å². The molecule has 1 heterocycles. The summed E-state index contributed by atoms with van der Waals surface area (Å²) in [6.07, 6.45) is 0. The van der Waals surface area contributed by atoms with Crippen LogP contribution >= 0.6 is 0 Å². The summed E-state index contributed by atoms with van der Waals surface area (Å²) in [6, 6.07) is 4.18. The van der Waals surface area contributed by atoms with Crippen molar-refractivity contribution in [3.63, 3.8) is 0 Å². The topological polar surface area (TPSA) is 102 Å². The Hall–Kier alpha value is -2.15. The molecule has 1 aromatic carbocycles. The number of anilines is 1. The zero-order valence-corrected chi connectivity index (χ0v) is 11.3. The van der Waals surface area contributed by atoms with Crippen LogP contribution in [0.3, 0.4) is 0 Å². The van der Waals surface area contributed by atoms with E-state index >= 15 is 0 Å². The minimum atomic E-state index is -1.04. The first-order chi connectivity index (χ1) is 9.33. The number of benzene rings is 1. The molecule has 0 bridgehead atoms. The number of carbonyl (C=O) groups is 1. The first-order valence-electron chi connectivity index (χ1n) is 6.17. The van der Waals surface area contributed by atoms with Gasteiger partial charge in [-0.05, 0) is 25.5 Å². The van der Waals surface area contributed by atoms with Crippen molar-refractivity contribution in [3.8, 4) is 0 Å². The van der Waals surface area contributed by atoms with Gasteiger partial charge in [-0.2, -0.15) is 0 Å². The van der Waals surface area contributed by atoms with Crippen LogP contribution in [0.4, 0.5) is 11.4 Å². The van der Waals surface area contributed by atoms with Gasteiger partial charge < -0.3 is 15.2 Å². The van der Waals surface area contributed by atoms with Gasteiger partial charge in [-0.15, -0.1) is 0 Å². The van der Waals surface area contributed by atoms with Crippen molar-refractivity contribution >= 4 is 17.3 Å². The third-order valence-electron chi connectivity index (χ3n) is 3.56. The molecule has 2 N–H and O–H groups in total. The second-order valence-corrected chi connectivity index (χ2v) is 5.25. The van der Waals surface area contributed by atoms with E-state index in [2.05, 4.69) is 5.32 Å². The summed E-state index contributed by atoms with van der Waals surface area (Å²) >= 11 is 0. The predicted molar refractivity (Wildman–Crippen MR) is 71.8 cm³/mol. The second-order valence-electron chi connectivity index (χ2n) is 5.25. The lowest BCUT2D eigenvalue weighted by atomic mass is 9.85. The average molecular weight is 280 g/mol. The number of aryl methyl sites for hydroxylation is 1. The fourth-order valence-corrected chi connectivity index (χ4v) is 2.24. The van der Waals surface area contributed by atoms with Crippen LogP contribution in [0.2, 0.25) is 0 Å². The van der Waals surface area contributed by atoms with Gasteiger partial charge in [0.2, 0.25) is 0 Å². The lowest BCUT2D eigenvalue weighted by Gasteiger charge is -2.26. The number of ether oxygens (including phenoxy) is 1. The van der Waals surface area contributed by atoms with Gasteiger partial charge in [-0.25, -0.2) is 0 Å². The molecular formula is C13H16N2O5. The molecule has 0 spiro atoms. The molecular weight excluding hydrogens is 264 g/mol. The smallest absolute Gasteiger partial charge is 0.313 e. The predicted octanol–water partition coefficient (Wildman–Crippen LogP) is 1.80. The Kier molecular flexibility index (Phi) is 3.63. The summed E-state index contributed by atoms with van der Waals surface area (Å²) in [4.78, 5) is 21.7. The van der Waals surface area contributed by atoms with E-state index in [-0.39, 0.29) is 18.9 Å². The first kappa shape index (κ1) is 14.3. The van der Waals surface area contributed by atoms with Gasteiger partial charge in [-0.3, -0.25) is 14.9 Å². The van der Waals surface area contributed by atoms with Gasteiger partial charge in [-0.1, -0.05) is 0 Å². The number of hydrogen-bond acceptors (Lipinski definition) is 5. The lowest BCUT2D eigenvalue weighted by molar-refractivity contribution is -0.384. The number of rotatable bonds is 4. The van der Waals surface area contributed by atoms with Crippen LogP contribution in [0.15, 0.2) is 18.2 Å². The highest BCUT2D eigenvalue weighted by molar-refractivity contribution is 5.76. The van der Waals surface area contributed by atoms with Crippen LogP contribution in [0.25, 0.3) is 0 Å². The van der Waals surface area contributed by atoms with E-state index in [0.29, 0.717) is 5.69 Å². The van der Waals surface area contributed by atoms with Crippen LogP contribution in [0, 0.1) is 22.5 Å². The highest BCUT2D eigenvalue weighted by Gasteiger charge is 2.46. The summed E-state index contributed by atoms with van der Waals surface area (Å²) in [5.74, 6) is -0.949. The number of non-ortho nitro benzene ring substituents is 1. The quantitative estimate of drug-likeness (QED) is 0.644. The van der Waals surface area contributed by atoms with Gasteiger partial charge in [0, 0.05) is 17.8 Å². The Labute approximate surface area is 115 Å². The molecule has 0 aromatic heterocycles. The summed E-state index contributed by atoms with van der Waals surface area (Å²) in [7, 11) is 0. The maximum Gasteiger partial charge on any atom is 0.313 e. The number of nitro groups is 1. The molecule has 20 heavy (non-hydrogen) atoms. The minimum absolute atomic E-state index is 0.0246. The molecule has 1 aliphatic rings. The SMILES string of the molecule is Cc1cc(NC2COCC2(C)C(=O)O)cc([N+](=O)[O-])c1. The van der Waals surface area contributed by atoms with Crippen LogP contribution in [-0.2, 0) is 9.53 Å². The van der Waals surface area contributed by atoms with Crippen LogP contribution in [0.1, 0.15) is 12.5 Å². The van der Waals surface area contributed by atoms with Gasteiger partial charge in [0.1, 0.15) is 5.41 Å². The molecule has 1 saturated heterocycles. The Balaban J connectivity index is 2.26. The van der Waals surface area contributed by atoms with Crippen LogP contribution in [0.5, 0.6) is 0 Å². The largest absolute Gasteiger partial charge is 0.481 e. The number of nitrogens with zero attached hydrogens (tertiary/aromatic N) is 1. The number of carboxylic acids is 1. The van der Waals surface area contributed by atoms with Crippen molar-refractivity contribution < 1.29 is 19.6 Å². The zero-order valence-electron chi connectivity index (χ0n) is 11.3. The molecule has 0 aliphatic carbocycles. The van der Waals surface area contributed by atoms with E-state index in [9.17, 15) is 20.0 Å². The molecule has 0 amide bonds. The summed E-state index contributed by atoms with van der Waals surface area (Å²) < 4.78 is 5.24. The molecule has 2 unspecified atom stereocenters. The zero-order chi connectivity index (χ0) is 14.9. The minimum Gasteiger partial charge on any atom is -0.481 e. The number of hydrogen-bond donors (Lipinski definition) is 2. The molecule has 108 valence electrons. The molecule has 1 aliphatic heterocycles. The summed E-state index contributed by atoms with van der Waals surface area (Å²) in [5.41, 5.74) is 0.194. The molecule has 7 heteroatoms. The third kappa shape index (κ3) is 2.57. The Morgan fingerprint density at radius 2 is 2.25 bits per heavy atom. The normalized spacial score (nSPS) is 25.4. The van der Waals surface area contributed by atoms with Crippen molar-refractivity contribution in [2.75, 3.05) is 18.5 Å². The molecule has 2 atom stereocenters. The average Bonchev–Trinajstić information content (AvgIpc) is 2.71. The lowest BCUT2D eigenvalue weighted by Crippen LogP contribution is -2.43. The number of nitrogens with one attached hydrogen (secondary N) is 1. The number of aliphatic carboxylic acids is 1. The standard InChI is InChI=1S/C13H16N2O5/c1-8-3-9(5-10(4-8)15(18)19)14-11-6-20-7-13(11,2)12(16)17/h3-5,11,14H,6-7H2,1-2H3,(H,16,17). The van der Waals surface area contributed by atoms with Gasteiger partial charge >= 0.3 is 5.97 Å². The Morgan fingerprint density at radius 1 is 1.55 bits per heavy atom. The van der Waals surface area contributed by atoms with Crippen LogP contribution in [-0.4, -0.2) is 35.3 Å². The van der Waals surface area contributed by atoms with Gasteiger partial charge in [0.15, 0.2) is 0 Å². The molecule has 0 radical (unpaired) electrons. The van der Waals surface area contributed by atoms with Crippen molar-refractivity contribution in [2.24, 2.45) is 5.41 Å². The first-order valence-corrected chi connectivity index (χ1v) is 6.17. The van der Waals surface area contributed by atoms with E-state index in [1.54, 1.807) is 19.9 Å². The highest BCUT2D eigenvalue weighted by Crippen LogP contribution is 2.32. The maximum atomic E-state index is 11.3. The van der Waals surface area contributed by atoms with E-state index in [4.69, 9.17) is 4.74 Å². The van der Waals surface area contributed by atoms with Crippen molar-refractivity contribution in [1.82, 2.24) is 0 Å². The Morgan fingerprint density at radius 3 is 2.85 bits per heavy atom. The Bertz CT molecular complexity index is 560. The molecule has 7 nitrogen and oxygen atoms in total. The molecule has 1 aromatic rings. The highest BCUT2D eigenvalue weighted by atomic mass is 16.6. The molecule has 2 rings (SSSR count). The molecule has 1 fully saturated rings. The monoisotopic (exact) mass is 280 g/mol. The second kappa shape index (κ2) is 5.09. The fraction of sp³-hybridized carbons (Fsp3) is 0.462. The maximum absolute atomic E-state index is 11.3. The van der Waals surface area contributed by atoms with Gasteiger partial charge in [0.25, 0.3) is 5.69 Å². The van der Waals surface area contributed by atoms with Crippen molar-refractivity contribution in [2.45, 2.75) is 19.9 Å². The summed E-state index contributed by atoms with van der Waals surface area (Å²) in [6.45, 7) is 3.72. The fourth-order valence-electron chi connectivity index (χ4n) is 2.24. The van der Waals surface area contributed by atoms with Crippen molar-refractivity contribution in [3.05, 3.63) is 33.9 Å². The summed E-state index contributed by atoms with van der Waals surface area (Å²) in [5, 5.41) is 23.2. The number of nitro benzene ring substituents is 1. The molecule has 0 saturated carbocycles. The number of carboxylic acid groups (broad SMARTS) is 1. The third-order valence-corrected chi connectivity index (χ3v) is 3.56. The van der Waals surface area contributed by atoms with E-state index in [0.717, 1.165) is 5.56 Å². The van der Waals surface area contributed by atoms with E-state index in [1.165, 1.54) is 12.1 Å². The van der Waals surface area contributed by atoms with Gasteiger partial charge in [0.05, 0.1) is 24.2 Å². The van der Waals surface area contributed by atoms with Crippen molar-refractivity contribution in [1.29, 1.82) is 0 Å².